The second-order valence-electron chi connectivity index (χ2n) is 5.54. The van der Waals surface area contributed by atoms with Gasteiger partial charge in [0, 0.05) is 5.69 Å². The van der Waals surface area contributed by atoms with Crippen LogP contribution in [0.3, 0.4) is 0 Å². The van der Waals surface area contributed by atoms with E-state index in [0.29, 0.717) is 0 Å². The van der Waals surface area contributed by atoms with Gasteiger partial charge in [0.1, 0.15) is 5.82 Å². The first kappa shape index (κ1) is 17.2. The van der Waals surface area contributed by atoms with Crippen LogP contribution in [-0.2, 0) is 0 Å². The smallest absolute Gasteiger partial charge is 0.239 e. The second-order valence-corrected chi connectivity index (χ2v) is 6.73. The van der Waals surface area contributed by atoms with Crippen molar-refractivity contribution in [1.82, 2.24) is 14.2 Å². The Morgan fingerprint density at radius 3 is 2.18 bits per heavy atom. The maximum Gasteiger partial charge on any atom is 0.239 e. The lowest BCUT2D eigenvalue weighted by atomic mass is 9.92. The first-order chi connectivity index (χ1) is 10.3. The maximum atomic E-state index is 13.9. The van der Waals surface area contributed by atoms with Gasteiger partial charge in [-0.1, -0.05) is 27.7 Å². The minimum Gasteiger partial charge on any atom is -0.323 e. The van der Waals surface area contributed by atoms with Crippen LogP contribution >= 0.6 is 28.3 Å². The van der Waals surface area contributed by atoms with E-state index in [-0.39, 0.29) is 40.7 Å². The highest BCUT2D eigenvalue weighted by Crippen LogP contribution is 2.35. The average molecular weight is 391 g/mol. The van der Waals surface area contributed by atoms with E-state index >= 15 is 0 Å². The van der Waals surface area contributed by atoms with E-state index in [2.05, 4.69) is 31.3 Å². The van der Waals surface area contributed by atoms with E-state index in [4.69, 9.17) is 0 Å². The van der Waals surface area contributed by atoms with E-state index in [1.54, 1.807) is 0 Å². The zero-order chi connectivity index (χ0) is 16.4. The van der Waals surface area contributed by atoms with E-state index in [9.17, 15) is 8.28 Å². The zero-order valence-corrected chi connectivity index (χ0v) is 15.1. The van der Waals surface area contributed by atoms with Crippen molar-refractivity contribution in [3.63, 3.8) is 0 Å². The van der Waals surface area contributed by atoms with Crippen LogP contribution in [-0.4, -0.2) is 14.2 Å². The molecule has 0 aliphatic heterocycles. The van der Waals surface area contributed by atoms with Crippen LogP contribution in [0.25, 0.3) is 0 Å². The summed E-state index contributed by atoms with van der Waals surface area (Å²) in [4.78, 5) is 4.10. The Balaban J connectivity index is 2.56. The molecule has 1 aromatic carbocycles. The van der Waals surface area contributed by atoms with Crippen LogP contribution in [0.4, 0.5) is 19.9 Å². The van der Waals surface area contributed by atoms with Gasteiger partial charge in [0.2, 0.25) is 10.7 Å². The molecule has 2 aromatic rings. The minimum atomic E-state index is -0.277. The summed E-state index contributed by atoms with van der Waals surface area (Å²) < 4.78 is 28.1. The molecule has 1 heterocycles. The summed E-state index contributed by atoms with van der Waals surface area (Å²) in [6, 6.07) is 2.99. The summed E-state index contributed by atoms with van der Waals surface area (Å²) >= 11 is 3.06. The van der Waals surface area contributed by atoms with Gasteiger partial charge in [-0.2, -0.15) is 4.98 Å². The molecular formula is C14H17BrF2N4S. The van der Waals surface area contributed by atoms with E-state index in [0.717, 1.165) is 20.9 Å². The summed E-state index contributed by atoms with van der Waals surface area (Å²) in [5.74, 6) is 0.178. The van der Waals surface area contributed by atoms with Crippen molar-refractivity contribution in [2.75, 3.05) is 5.32 Å². The molecule has 1 aromatic heterocycles. The largest absolute Gasteiger partial charge is 0.323 e. The van der Waals surface area contributed by atoms with Crippen molar-refractivity contribution in [3.8, 4) is 0 Å². The molecule has 0 spiro atoms. The lowest BCUT2D eigenvalue weighted by Gasteiger charge is -2.20. The lowest BCUT2D eigenvalue weighted by molar-refractivity contribution is 0.619. The molecule has 0 bridgehead atoms. The van der Waals surface area contributed by atoms with Gasteiger partial charge in [-0.3, -0.25) is 0 Å². The van der Waals surface area contributed by atoms with Gasteiger partial charge in [-0.25, -0.2) is 4.39 Å². The van der Waals surface area contributed by atoms with Gasteiger partial charge in [0.15, 0.2) is 12.3 Å². The van der Waals surface area contributed by atoms with Gasteiger partial charge in [0.25, 0.3) is 0 Å². The van der Waals surface area contributed by atoms with Crippen molar-refractivity contribution < 1.29 is 8.28 Å². The third-order valence-corrected chi connectivity index (χ3v) is 3.98. The van der Waals surface area contributed by atoms with Crippen LogP contribution < -0.4 is 5.32 Å². The molecule has 0 saturated heterocycles. The van der Waals surface area contributed by atoms with Gasteiger partial charge >= 0.3 is 0 Å². The number of anilines is 2. The van der Waals surface area contributed by atoms with Crippen LogP contribution in [0, 0.1) is 5.82 Å². The first-order valence-corrected chi connectivity index (χ1v) is 8.32. The normalized spacial score (nSPS) is 11.5. The molecule has 0 amide bonds. The molecule has 4 nitrogen and oxygen atoms in total. The van der Waals surface area contributed by atoms with E-state index in [1.807, 2.05) is 27.7 Å². The highest BCUT2D eigenvalue weighted by atomic mass is 79.9. The van der Waals surface area contributed by atoms with Gasteiger partial charge < -0.3 is 5.32 Å². The van der Waals surface area contributed by atoms with E-state index < -0.39 is 0 Å². The van der Waals surface area contributed by atoms with Gasteiger partial charge in [-0.05, 0) is 51.0 Å². The Morgan fingerprint density at radius 2 is 1.73 bits per heavy atom. The number of rotatable bonds is 5. The average Bonchev–Trinajstić information content (AvgIpc) is 2.79. The monoisotopic (exact) mass is 390 g/mol. The number of hydrogen-bond acceptors (Lipinski definition) is 4. The molecule has 0 aliphatic rings. The molecule has 22 heavy (non-hydrogen) atoms. The third-order valence-electron chi connectivity index (χ3n) is 3.26. The maximum absolute atomic E-state index is 13.9. The fraction of sp³-hybridized carbons (Fsp3) is 0.429. The molecule has 0 atom stereocenters. The number of benzene rings is 1. The Bertz CT molecular complexity index is 644. The minimum absolute atomic E-state index is 0.0564. The van der Waals surface area contributed by atoms with Crippen LogP contribution in [0.2, 0.25) is 0 Å². The molecule has 0 radical (unpaired) electrons. The Labute approximate surface area is 141 Å². The zero-order valence-electron chi connectivity index (χ0n) is 12.7. The highest BCUT2D eigenvalue weighted by Gasteiger charge is 2.19. The Morgan fingerprint density at radius 1 is 1.18 bits per heavy atom. The van der Waals surface area contributed by atoms with Crippen molar-refractivity contribution >= 4 is 39.9 Å². The summed E-state index contributed by atoms with van der Waals surface area (Å²) in [5.41, 5.74) is 2.39. The van der Waals surface area contributed by atoms with E-state index in [1.165, 1.54) is 12.1 Å². The van der Waals surface area contributed by atoms with Crippen LogP contribution in [0.1, 0.15) is 50.7 Å². The predicted molar refractivity (Wildman–Crippen MR) is 89.7 cm³/mol. The number of nitrogens with zero attached hydrogens (tertiary/aromatic N) is 3. The van der Waals surface area contributed by atoms with Crippen molar-refractivity contribution in [1.29, 1.82) is 0 Å². The summed E-state index contributed by atoms with van der Waals surface area (Å²) in [6.07, 6.45) is 0. The van der Waals surface area contributed by atoms with Gasteiger partial charge in [-0.15, -0.1) is 13.1 Å². The summed E-state index contributed by atoms with van der Waals surface area (Å²) in [7, 11) is 0. The summed E-state index contributed by atoms with van der Waals surface area (Å²) in [6.45, 7) is 7.92. The highest BCUT2D eigenvalue weighted by molar-refractivity contribution is 9.10. The number of nitrogens with one attached hydrogen (secondary N) is 1. The first-order valence-electron chi connectivity index (χ1n) is 6.85. The molecule has 0 fully saturated rings. The standard InChI is InChI=1S/C14H17BrF2N4S/c1-7(2)10-5-9(16)6-11(8(3)4)12(10)18-14-19-13(15)20-21(14)22-17/h5-8H,1-4H3,(H,18,19,20). The molecule has 8 heteroatoms. The quantitative estimate of drug-likeness (QED) is 0.726. The van der Waals surface area contributed by atoms with Crippen LogP contribution in [0.15, 0.2) is 16.9 Å². The Kier molecular flexibility index (Phi) is 5.44. The fourth-order valence-corrected chi connectivity index (χ4v) is 2.91. The topological polar surface area (TPSA) is 42.7 Å². The second kappa shape index (κ2) is 6.95. The van der Waals surface area contributed by atoms with Crippen molar-refractivity contribution in [2.45, 2.75) is 39.5 Å². The predicted octanol–water partition coefficient (Wildman–Crippen LogP) is 5.55. The molecule has 0 saturated carbocycles. The molecule has 0 unspecified atom stereocenters. The molecule has 120 valence electrons. The molecule has 2 rings (SSSR count). The molecule has 1 N–H and O–H groups in total. The lowest BCUT2D eigenvalue weighted by Crippen LogP contribution is -2.07. The van der Waals surface area contributed by atoms with Crippen LogP contribution in [0.5, 0.6) is 0 Å². The number of hydrogen-bond donors (Lipinski definition) is 1. The Hall–Kier alpha value is -1.15. The fourth-order valence-electron chi connectivity index (χ4n) is 2.22. The van der Waals surface area contributed by atoms with Crippen molar-refractivity contribution in [3.05, 3.63) is 33.8 Å². The molecule has 0 aliphatic carbocycles. The van der Waals surface area contributed by atoms with Crippen molar-refractivity contribution in [2.24, 2.45) is 0 Å². The SMILES string of the molecule is CC(C)c1cc(F)cc(C(C)C)c1Nc1nc(Br)nn1SF. The summed E-state index contributed by atoms with van der Waals surface area (Å²) in [5, 5.41) is 6.97. The third kappa shape index (κ3) is 3.60. The molecular weight excluding hydrogens is 374 g/mol. The van der Waals surface area contributed by atoms with Gasteiger partial charge in [0.05, 0.1) is 0 Å². The number of halogens is 3. The number of aromatic nitrogens is 3.